The maximum atomic E-state index is 12.8. The van der Waals surface area contributed by atoms with Crippen LogP contribution in [0.2, 0.25) is 0 Å². The number of hydrogen-bond donors (Lipinski definition) is 2. The van der Waals surface area contributed by atoms with E-state index in [0.29, 0.717) is 5.57 Å². The second kappa shape index (κ2) is 11.4. The van der Waals surface area contributed by atoms with Gasteiger partial charge >= 0.3 is 29.8 Å². The zero-order valence-corrected chi connectivity index (χ0v) is 25.6. The first kappa shape index (κ1) is 33.3. The lowest BCUT2D eigenvalue weighted by Crippen LogP contribution is -2.73. The minimum atomic E-state index is -2.04. The summed E-state index contributed by atoms with van der Waals surface area (Å²) in [5.41, 5.74) is -4.18. The molecule has 2 saturated carbocycles. The summed E-state index contributed by atoms with van der Waals surface area (Å²) >= 11 is 0. The van der Waals surface area contributed by atoms with E-state index in [0.717, 1.165) is 13.8 Å². The molecule has 3 aliphatic rings. The third-order valence-corrected chi connectivity index (χ3v) is 9.23. The van der Waals surface area contributed by atoms with E-state index in [1.54, 1.807) is 27.7 Å². The van der Waals surface area contributed by atoms with Crippen LogP contribution in [0.5, 0.6) is 0 Å². The van der Waals surface area contributed by atoms with Gasteiger partial charge in [-0.25, -0.2) is 0 Å². The summed E-state index contributed by atoms with van der Waals surface area (Å²) in [6, 6.07) is 0. The average Bonchev–Trinajstić information content (AvgIpc) is 2.81. The van der Waals surface area contributed by atoms with Gasteiger partial charge in [-0.3, -0.25) is 24.0 Å². The van der Waals surface area contributed by atoms with Crippen LogP contribution in [0.3, 0.4) is 0 Å². The zero-order valence-electron chi connectivity index (χ0n) is 25.6. The molecule has 9 atom stereocenters. The van der Waals surface area contributed by atoms with Gasteiger partial charge in [-0.2, -0.15) is 0 Å². The Kier molecular flexibility index (Phi) is 9.06. The van der Waals surface area contributed by atoms with Crippen molar-refractivity contribution >= 4 is 29.8 Å². The number of fused-ring (bicyclic) bond motifs is 3. The fraction of sp³-hybridized carbons (Fsp3) is 0.700. The summed E-state index contributed by atoms with van der Waals surface area (Å²) < 4.78 is 29.1. The highest BCUT2D eigenvalue weighted by Crippen LogP contribution is 2.62. The van der Waals surface area contributed by atoms with Crippen molar-refractivity contribution in [2.24, 2.45) is 16.7 Å². The molecule has 0 saturated heterocycles. The molecule has 0 spiro atoms. The third-order valence-electron chi connectivity index (χ3n) is 9.23. The highest BCUT2D eigenvalue weighted by molar-refractivity contribution is 5.70. The fourth-order valence-electron chi connectivity index (χ4n) is 7.41. The summed E-state index contributed by atoms with van der Waals surface area (Å²) in [5, 5.41) is 24.0. The number of carbonyl (C=O) groups is 5. The molecule has 0 radical (unpaired) electrons. The van der Waals surface area contributed by atoms with Crippen LogP contribution in [0.15, 0.2) is 23.3 Å². The van der Waals surface area contributed by atoms with Gasteiger partial charge in [-0.05, 0) is 23.6 Å². The van der Waals surface area contributed by atoms with Gasteiger partial charge in [0.05, 0.1) is 11.5 Å². The first-order valence-electron chi connectivity index (χ1n) is 13.9. The van der Waals surface area contributed by atoms with E-state index in [1.165, 1.54) is 20.8 Å². The Hall–Kier alpha value is -3.25. The molecule has 2 fully saturated rings. The average molecular weight is 595 g/mol. The standard InChI is InChI=1S/C30H42O12/c1-13-20(36)11-22(39-16(4)32)29(10)24(13)26(41-18(6)34)30(37)12-21(38-15(3)31)14(2)23(28(30,8)9)25(40-17(5)33)27(29)42-19(7)35/h20-22,24-27,36-37H,1,11-12H2,2-10H3/t20-,21-,22+,24-,25+,26-,27-,29+,30+/m0/s1. The maximum Gasteiger partial charge on any atom is 0.303 e. The SMILES string of the molecule is C=C1[C@@H](O)C[C@@H](OC(C)=O)[C@@]2(C)[C@@H](OC(C)=O)[C@H](OC(C)=O)C3=C(C)[C@@H](OC(C)=O)C[C@@](O)([C@@H](OC(C)=O)[C@H]12)C3(C)C. The Morgan fingerprint density at radius 3 is 1.74 bits per heavy atom. The molecule has 3 aliphatic carbocycles. The van der Waals surface area contributed by atoms with E-state index in [9.17, 15) is 34.2 Å². The molecule has 12 nitrogen and oxygen atoms in total. The third kappa shape index (κ3) is 5.46. The first-order chi connectivity index (χ1) is 19.2. The van der Waals surface area contributed by atoms with Crippen LogP contribution in [0, 0.1) is 16.7 Å². The van der Waals surface area contributed by atoms with Crippen molar-refractivity contribution in [2.45, 2.75) is 117 Å². The lowest BCUT2D eigenvalue weighted by Gasteiger charge is -2.63. The van der Waals surface area contributed by atoms with Gasteiger partial charge in [0, 0.05) is 58.8 Å². The summed E-state index contributed by atoms with van der Waals surface area (Å²) in [4.78, 5) is 62.6. The number of ether oxygens (including phenoxy) is 5. The molecule has 0 unspecified atom stereocenters. The van der Waals surface area contributed by atoms with Gasteiger partial charge in [-0.15, -0.1) is 0 Å². The number of carbonyl (C=O) groups excluding carboxylic acids is 5. The quantitative estimate of drug-likeness (QED) is 0.270. The Morgan fingerprint density at radius 1 is 0.786 bits per heavy atom. The van der Waals surface area contributed by atoms with E-state index >= 15 is 0 Å². The van der Waals surface area contributed by atoms with Crippen LogP contribution < -0.4 is 0 Å². The molecule has 0 aliphatic heterocycles. The number of esters is 5. The minimum Gasteiger partial charge on any atom is -0.462 e. The highest BCUT2D eigenvalue weighted by atomic mass is 16.6. The maximum absolute atomic E-state index is 12.8. The van der Waals surface area contributed by atoms with Gasteiger partial charge in [0.2, 0.25) is 0 Å². The molecular formula is C30H42O12. The molecule has 0 amide bonds. The normalized spacial score (nSPS) is 37.3. The van der Waals surface area contributed by atoms with Crippen LogP contribution in [0.1, 0.15) is 75.2 Å². The fourth-order valence-corrected chi connectivity index (χ4v) is 7.41. The van der Waals surface area contributed by atoms with Gasteiger partial charge in [-0.1, -0.05) is 27.4 Å². The van der Waals surface area contributed by atoms with E-state index in [2.05, 4.69) is 6.58 Å². The summed E-state index contributed by atoms with van der Waals surface area (Å²) in [7, 11) is 0. The summed E-state index contributed by atoms with van der Waals surface area (Å²) in [6.07, 6.45) is -8.24. The van der Waals surface area contributed by atoms with Gasteiger partial charge in [0.15, 0.2) is 12.2 Å². The topological polar surface area (TPSA) is 172 Å². The van der Waals surface area contributed by atoms with E-state index in [1.807, 2.05) is 0 Å². The largest absolute Gasteiger partial charge is 0.462 e. The number of aliphatic hydroxyl groups excluding tert-OH is 1. The van der Waals surface area contributed by atoms with Crippen LogP contribution in [0.4, 0.5) is 0 Å². The van der Waals surface area contributed by atoms with Gasteiger partial charge < -0.3 is 33.9 Å². The van der Waals surface area contributed by atoms with Gasteiger partial charge in [0.25, 0.3) is 0 Å². The molecule has 12 heteroatoms. The van der Waals surface area contributed by atoms with Crippen molar-refractivity contribution in [3.05, 3.63) is 23.3 Å². The molecule has 0 heterocycles. The molecular weight excluding hydrogens is 552 g/mol. The van der Waals surface area contributed by atoms with Crippen molar-refractivity contribution in [3.63, 3.8) is 0 Å². The molecule has 2 bridgehead atoms. The Labute approximate surface area is 245 Å². The Bertz CT molecular complexity index is 1220. The monoisotopic (exact) mass is 594 g/mol. The number of aliphatic hydroxyl groups is 2. The lowest BCUT2D eigenvalue weighted by atomic mass is 9.47. The summed E-state index contributed by atoms with van der Waals surface area (Å²) in [6.45, 7) is 16.5. The van der Waals surface area contributed by atoms with Crippen LogP contribution >= 0.6 is 0 Å². The van der Waals surface area contributed by atoms with Crippen LogP contribution in [-0.2, 0) is 47.7 Å². The first-order valence-corrected chi connectivity index (χ1v) is 13.9. The predicted octanol–water partition coefficient (Wildman–Crippen LogP) is 2.08. The lowest BCUT2D eigenvalue weighted by molar-refractivity contribution is -0.258. The zero-order chi connectivity index (χ0) is 32.1. The van der Waals surface area contributed by atoms with E-state index in [-0.39, 0.29) is 24.0 Å². The molecule has 234 valence electrons. The van der Waals surface area contributed by atoms with Crippen molar-refractivity contribution in [2.75, 3.05) is 0 Å². The minimum absolute atomic E-state index is 0.119. The Morgan fingerprint density at radius 2 is 1.26 bits per heavy atom. The Balaban J connectivity index is 2.58. The van der Waals surface area contributed by atoms with Crippen LogP contribution in [-0.4, -0.2) is 82.3 Å². The van der Waals surface area contributed by atoms with Gasteiger partial charge in [0.1, 0.15) is 23.9 Å². The smallest absolute Gasteiger partial charge is 0.303 e. The molecule has 3 rings (SSSR count). The molecule has 0 aromatic heterocycles. The second-order valence-corrected chi connectivity index (χ2v) is 12.3. The van der Waals surface area contributed by atoms with Crippen molar-refractivity contribution in [1.82, 2.24) is 0 Å². The molecule has 42 heavy (non-hydrogen) atoms. The predicted molar refractivity (Wildman–Crippen MR) is 145 cm³/mol. The number of rotatable bonds is 5. The molecule has 0 aromatic rings. The second-order valence-electron chi connectivity index (χ2n) is 12.3. The molecule has 0 aromatic carbocycles. The van der Waals surface area contributed by atoms with E-state index in [4.69, 9.17) is 23.7 Å². The van der Waals surface area contributed by atoms with Crippen molar-refractivity contribution < 1.29 is 57.9 Å². The van der Waals surface area contributed by atoms with Crippen molar-refractivity contribution in [1.29, 1.82) is 0 Å². The summed E-state index contributed by atoms with van der Waals surface area (Å²) in [5.74, 6) is -4.87. The van der Waals surface area contributed by atoms with Crippen molar-refractivity contribution in [3.8, 4) is 0 Å². The van der Waals surface area contributed by atoms with Crippen LogP contribution in [0.25, 0.3) is 0 Å². The highest BCUT2D eigenvalue weighted by Gasteiger charge is 2.72. The molecule has 2 N–H and O–H groups in total. The van der Waals surface area contributed by atoms with E-state index < -0.39 is 88.8 Å². The number of hydrogen-bond acceptors (Lipinski definition) is 12.